The molecule has 5 heteroatoms. The molecule has 1 amide bonds. The lowest BCUT2D eigenvalue weighted by molar-refractivity contribution is -0.123. The molecule has 1 aromatic rings. The van der Waals surface area contributed by atoms with Crippen LogP contribution in [0.2, 0.25) is 0 Å². The van der Waals surface area contributed by atoms with Gasteiger partial charge in [0, 0.05) is 11.0 Å². The number of halogens is 1. The van der Waals surface area contributed by atoms with Crippen molar-refractivity contribution >= 4 is 27.5 Å². The lowest BCUT2D eigenvalue weighted by Crippen LogP contribution is -2.35. The zero-order valence-electron chi connectivity index (χ0n) is 10.5. The monoisotopic (exact) mass is 312 g/mol. The number of carbonyl (C=O) groups is 1. The molecule has 0 spiro atoms. The van der Waals surface area contributed by atoms with Gasteiger partial charge in [0.05, 0.1) is 18.2 Å². The molecule has 4 nitrogen and oxygen atoms in total. The summed E-state index contributed by atoms with van der Waals surface area (Å²) >= 11 is 3.39. The summed E-state index contributed by atoms with van der Waals surface area (Å²) < 4.78 is 6.16. The van der Waals surface area contributed by atoms with Crippen molar-refractivity contribution in [1.29, 1.82) is 0 Å². The second kappa shape index (κ2) is 5.28. The number of nitrogens with one attached hydrogen (secondary N) is 2. The first-order valence-electron chi connectivity index (χ1n) is 5.91. The number of benzene rings is 1. The smallest absolute Gasteiger partial charge is 0.231 e. The summed E-state index contributed by atoms with van der Waals surface area (Å²) in [6.07, 6.45) is 0.856. The first-order chi connectivity index (χ1) is 8.55. The molecule has 18 heavy (non-hydrogen) atoms. The fraction of sp³-hybridized carbons (Fsp3) is 0.462. The van der Waals surface area contributed by atoms with E-state index in [0.29, 0.717) is 11.4 Å². The molecule has 2 rings (SSSR count). The van der Waals surface area contributed by atoms with E-state index in [1.165, 1.54) is 0 Å². The van der Waals surface area contributed by atoms with Crippen molar-refractivity contribution in [3.05, 3.63) is 22.7 Å². The van der Waals surface area contributed by atoms with E-state index in [1.54, 1.807) is 7.11 Å². The first kappa shape index (κ1) is 13.4. The van der Waals surface area contributed by atoms with Crippen molar-refractivity contribution < 1.29 is 9.53 Å². The molecule has 1 fully saturated rings. The number of carbonyl (C=O) groups excluding carboxylic acids is 1. The summed E-state index contributed by atoms with van der Waals surface area (Å²) in [7, 11) is 1.59. The Bertz CT molecular complexity index is 456. The third-order valence-corrected chi connectivity index (χ3v) is 3.82. The van der Waals surface area contributed by atoms with Gasteiger partial charge in [-0.1, -0.05) is 15.9 Å². The molecule has 2 N–H and O–H groups in total. The van der Waals surface area contributed by atoms with Crippen LogP contribution in [-0.4, -0.2) is 26.1 Å². The summed E-state index contributed by atoms with van der Waals surface area (Å²) in [6.45, 7) is 3.58. The van der Waals surface area contributed by atoms with Crippen LogP contribution in [0, 0.1) is 5.41 Å². The largest absolute Gasteiger partial charge is 0.495 e. The molecule has 0 bridgehead atoms. The number of rotatable bonds is 3. The molecule has 1 saturated heterocycles. The molecule has 0 saturated carbocycles. The standard InChI is InChI=1S/C13H17BrN2O2/c1-13(5-6-15-8-13)12(17)16-10-7-9(14)3-4-11(10)18-2/h3-4,7,15H,5-6,8H2,1-2H3,(H,16,17). The van der Waals surface area contributed by atoms with Crippen LogP contribution in [0.5, 0.6) is 5.75 Å². The minimum atomic E-state index is -0.340. The Balaban J connectivity index is 2.18. The topological polar surface area (TPSA) is 50.4 Å². The number of anilines is 1. The van der Waals surface area contributed by atoms with E-state index in [1.807, 2.05) is 25.1 Å². The molecule has 1 aliphatic rings. The van der Waals surface area contributed by atoms with Gasteiger partial charge in [0.1, 0.15) is 5.75 Å². The number of methoxy groups -OCH3 is 1. The van der Waals surface area contributed by atoms with Crippen LogP contribution in [0.25, 0.3) is 0 Å². The Morgan fingerprint density at radius 1 is 1.56 bits per heavy atom. The van der Waals surface area contributed by atoms with Gasteiger partial charge in [-0.05, 0) is 38.1 Å². The molecular weight excluding hydrogens is 296 g/mol. The van der Waals surface area contributed by atoms with Crippen LogP contribution in [0.1, 0.15) is 13.3 Å². The highest BCUT2D eigenvalue weighted by molar-refractivity contribution is 9.10. The van der Waals surface area contributed by atoms with E-state index in [2.05, 4.69) is 26.6 Å². The Hall–Kier alpha value is -1.07. The summed E-state index contributed by atoms with van der Waals surface area (Å²) in [5.41, 5.74) is 0.359. The fourth-order valence-corrected chi connectivity index (χ4v) is 2.42. The lowest BCUT2D eigenvalue weighted by atomic mass is 9.88. The number of hydrogen-bond donors (Lipinski definition) is 2. The van der Waals surface area contributed by atoms with Crippen LogP contribution < -0.4 is 15.4 Å². The van der Waals surface area contributed by atoms with Crippen LogP contribution >= 0.6 is 15.9 Å². The maximum absolute atomic E-state index is 12.3. The van der Waals surface area contributed by atoms with Crippen molar-refractivity contribution in [3.8, 4) is 5.75 Å². The number of hydrogen-bond acceptors (Lipinski definition) is 3. The molecule has 1 aliphatic heterocycles. The minimum absolute atomic E-state index is 0.0314. The molecular formula is C13H17BrN2O2. The Kier molecular flexibility index (Phi) is 3.92. The Morgan fingerprint density at radius 2 is 2.33 bits per heavy atom. The van der Waals surface area contributed by atoms with Crippen molar-refractivity contribution in [2.75, 3.05) is 25.5 Å². The van der Waals surface area contributed by atoms with Crippen molar-refractivity contribution in [3.63, 3.8) is 0 Å². The highest BCUT2D eigenvalue weighted by atomic mass is 79.9. The van der Waals surface area contributed by atoms with Gasteiger partial charge < -0.3 is 15.4 Å². The summed E-state index contributed by atoms with van der Waals surface area (Å²) in [5, 5.41) is 6.17. The molecule has 1 aromatic carbocycles. The summed E-state index contributed by atoms with van der Waals surface area (Å²) in [6, 6.07) is 5.56. The third kappa shape index (κ3) is 2.67. The second-order valence-corrected chi connectivity index (χ2v) is 5.70. The zero-order valence-corrected chi connectivity index (χ0v) is 12.1. The Labute approximate surface area is 115 Å². The van der Waals surface area contributed by atoms with E-state index in [0.717, 1.165) is 24.0 Å². The van der Waals surface area contributed by atoms with Crippen LogP contribution in [-0.2, 0) is 4.79 Å². The molecule has 0 aromatic heterocycles. The zero-order chi connectivity index (χ0) is 13.2. The fourth-order valence-electron chi connectivity index (χ4n) is 2.06. The maximum Gasteiger partial charge on any atom is 0.231 e. The van der Waals surface area contributed by atoms with Gasteiger partial charge in [0.2, 0.25) is 5.91 Å². The van der Waals surface area contributed by atoms with Crippen LogP contribution in [0.3, 0.4) is 0 Å². The van der Waals surface area contributed by atoms with Gasteiger partial charge in [0.25, 0.3) is 0 Å². The van der Waals surface area contributed by atoms with Crippen molar-refractivity contribution in [1.82, 2.24) is 5.32 Å². The van der Waals surface area contributed by atoms with Crippen molar-refractivity contribution in [2.24, 2.45) is 5.41 Å². The van der Waals surface area contributed by atoms with E-state index in [4.69, 9.17) is 4.74 Å². The molecule has 1 unspecified atom stereocenters. The van der Waals surface area contributed by atoms with Gasteiger partial charge in [0.15, 0.2) is 0 Å². The average Bonchev–Trinajstić information content (AvgIpc) is 2.78. The molecule has 98 valence electrons. The summed E-state index contributed by atoms with van der Waals surface area (Å²) in [4.78, 5) is 12.3. The van der Waals surface area contributed by atoms with E-state index in [9.17, 15) is 4.79 Å². The molecule has 0 aliphatic carbocycles. The molecule has 0 radical (unpaired) electrons. The number of amides is 1. The summed E-state index contributed by atoms with van der Waals surface area (Å²) in [5.74, 6) is 0.699. The highest BCUT2D eigenvalue weighted by Crippen LogP contribution is 2.31. The minimum Gasteiger partial charge on any atom is -0.495 e. The van der Waals surface area contributed by atoms with Crippen molar-refractivity contribution in [2.45, 2.75) is 13.3 Å². The quantitative estimate of drug-likeness (QED) is 0.901. The van der Waals surface area contributed by atoms with Gasteiger partial charge in [-0.25, -0.2) is 0 Å². The van der Waals surface area contributed by atoms with Gasteiger partial charge in [-0.15, -0.1) is 0 Å². The van der Waals surface area contributed by atoms with Gasteiger partial charge in [-0.2, -0.15) is 0 Å². The maximum atomic E-state index is 12.3. The average molecular weight is 313 g/mol. The number of ether oxygens (including phenoxy) is 1. The van der Waals surface area contributed by atoms with Gasteiger partial charge in [-0.3, -0.25) is 4.79 Å². The highest BCUT2D eigenvalue weighted by Gasteiger charge is 2.36. The Morgan fingerprint density at radius 3 is 2.94 bits per heavy atom. The molecule has 1 heterocycles. The molecule has 1 atom stereocenters. The van der Waals surface area contributed by atoms with Crippen LogP contribution in [0.4, 0.5) is 5.69 Å². The normalized spacial score (nSPS) is 22.8. The van der Waals surface area contributed by atoms with E-state index >= 15 is 0 Å². The predicted octanol–water partition coefficient (Wildman–Crippen LogP) is 2.40. The van der Waals surface area contributed by atoms with E-state index < -0.39 is 0 Å². The SMILES string of the molecule is COc1ccc(Br)cc1NC(=O)C1(C)CCNC1. The van der Waals surface area contributed by atoms with Crippen LogP contribution in [0.15, 0.2) is 22.7 Å². The third-order valence-electron chi connectivity index (χ3n) is 3.33. The first-order valence-corrected chi connectivity index (χ1v) is 6.70. The van der Waals surface area contributed by atoms with E-state index in [-0.39, 0.29) is 11.3 Å². The predicted molar refractivity (Wildman–Crippen MR) is 74.9 cm³/mol. The second-order valence-electron chi connectivity index (χ2n) is 4.79. The lowest BCUT2D eigenvalue weighted by Gasteiger charge is -2.22. The van der Waals surface area contributed by atoms with Gasteiger partial charge >= 0.3 is 0 Å².